The maximum Gasteiger partial charge on any atom is 0.206 e. The first-order valence-corrected chi connectivity index (χ1v) is 7.39. The second-order valence-electron chi connectivity index (χ2n) is 4.49. The number of aromatic nitrogens is 4. The number of halogens is 2. The van der Waals surface area contributed by atoms with Crippen LogP contribution in [0.5, 0.6) is 5.75 Å². The molecular weight excluding hydrogens is 323 g/mol. The summed E-state index contributed by atoms with van der Waals surface area (Å²) in [6.07, 6.45) is 0. The van der Waals surface area contributed by atoms with Gasteiger partial charge in [0.05, 0.1) is 11.6 Å². The highest BCUT2D eigenvalue weighted by molar-refractivity contribution is 6.33. The summed E-state index contributed by atoms with van der Waals surface area (Å²) in [7, 11) is 0. The van der Waals surface area contributed by atoms with Crippen LogP contribution >= 0.6 is 23.2 Å². The van der Waals surface area contributed by atoms with Crippen molar-refractivity contribution in [1.29, 1.82) is 0 Å². The Balaban J connectivity index is 1.60. The second-order valence-corrected chi connectivity index (χ2v) is 5.33. The molecule has 7 heteroatoms. The zero-order valence-corrected chi connectivity index (χ0v) is 13.0. The monoisotopic (exact) mass is 334 g/mol. The van der Waals surface area contributed by atoms with E-state index in [-0.39, 0.29) is 0 Å². The molecule has 0 unspecified atom stereocenters. The number of hydrogen-bond donors (Lipinski definition) is 0. The third-order valence-corrected chi connectivity index (χ3v) is 3.52. The van der Waals surface area contributed by atoms with Crippen LogP contribution in [0.4, 0.5) is 0 Å². The van der Waals surface area contributed by atoms with Gasteiger partial charge in [0.25, 0.3) is 0 Å². The van der Waals surface area contributed by atoms with Crippen molar-refractivity contribution in [3.63, 3.8) is 0 Å². The summed E-state index contributed by atoms with van der Waals surface area (Å²) in [6.45, 7) is 0.917. The lowest BCUT2D eigenvalue weighted by molar-refractivity contribution is 0.280. The first-order chi connectivity index (χ1) is 10.7. The summed E-state index contributed by atoms with van der Waals surface area (Å²) in [5.41, 5.74) is 0.758. The van der Waals surface area contributed by atoms with Crippen LogP contribution in [0, 0.1) is 0 Å². The summed E-state index contributed by atoms with van der Waals surface area (Å²) in [5.74, 6) is 1.24. The molecule has 0 radical (unpaired) electrons. The Kier molecular flexibility index (Phi) is 4.56. The van der Waals surface area contributed by atoms with Gasteiger partial charge in [0.15, 0.2) is 0 Å². The third-order valence-electron chi connectivity index (χ3n) is 2.94. The predicted molar refractivity (Wildman–Crippen MR) is 85.2 cm³/mol. The van der Waals surface area contributed by atoms with Crippen LogP contribution in [0.25, 0.3) is 11.4 Å². The van der Waals surface area contributed by atoms with Gasteiger partial charge in [0.1, 0.15) is 12.4 Å². The quantitative estimate of drug-likeness (QED) is 0.713. The highest BCUT2D eigenvalue weighted by atomic mass is 35.5. The first-order valence-electron chi connectivity index (χ1n) is 6.63. The molecule has 0 bridgehead atoms. The molecule has 0 aliphatic heterocycles. The number of ether oxygens (including phenoxy) is 1. The molecule has 0 spiro atoms. The summed E-state index contributed by atoms with van der Waals surface area (Å²) >= 11 is 11.9. The van der Waals surface area contributed by atoms with Crippen molar-refractivity contribution in [2.75, 3.05) is 6.61 Å². The Morgan fingerprint density at radius 3 is 2.55 bits per heavy atom. The minimum atomic E-state index is 0.431. The summed E-state index contributed by atoms with van der Waals surface area (Å²) in [6, 6.07) is 14.6. The Morgan fingerprint density at radius 2 is 1.77 bits per heavy atom. The molecule has 0 amide bonds. The molecule has 2 aromatic carbocycles. The highest BCUT2D eigenvalue weighted by Crippen LogP contribution is 2.23. The fraction of sp³-hybridized carbons (Fsp3) is 0.133. The van der Waals surface area contributed by atoms with E-state index in [1.807, 2.05) is 30.3 Å². The van der Waals surface area contributed by atoms with E-state index in [2.05, 4.69) is 15.4 Å². The van der Waals surface area contributed by atoms with Crippen LogP contribution in [0.1, 0.15) is 0 Å². The molecule has 0 N–H and O–H groups in total. The molecule has 22 heavy (non-hydrogen) atoms. The Morgan fingerprint density at radius 1 is 1.00 bits per heavy atom. The number of rotatable bonds is 5. The lowest BCUT2D eigenvalue weighted by Crippen LogP contribution is -2.11. The average Bonchev–Trinajstić information content (AvgIpc) is 2.98. The van der Waals surface area contributed by atoms with Crippen LogP contribution in [-0.4, -0.2) is 26.8 Å². The molecule has 0 aliphatic carbocycles. The molecule has 1 aromatic heterocycles. The Labute approximate surface area is 137 Å². The van der Waals surface area contributed by atoms with Gasteiger partial charge in [-0.1, -0.05) is 35.3 Å². The SMILES string of the molecule is Clc1ccc(OCCn2nnc(-c3ccccc3Cl)n2)cc1. The maximum absolute atomic E-state index is 6.11. The molecule has 0 fully saturated rings. The first kappa shape index (κ1) is 14.8. The van der Waals surface area contributed by atoms with Crippen molar-refractivity contribution in [2.45, 2.75) is 6.54 Å². The van der Waals surface area contributed by atoms with Gasteiger partial charge in [-0.15, -0.1) is 10.2 Å². The van der Waals surface area contributed by atoms with Crippen molar-refractivity contribution in [2.24, 2.45) is 0 Å². The summed E-state index contributed by atoms with van der Waals surface area (Å²) in [4.78, 5) is 1.48. The van der Waals surface area contributed by atoms with E-state index >= 15 is 0 Å². The smallest absolute Gasteiger partial charge is 0.206 e. The van der Waals surface area contributed by atoms with E-state index in [0.717, 1.165) is 11.3 Å². The van der Waals surface area contributed by atoms with E-state index in [4.69, 9.17) is 27.9 Å². The topological polar surface area (TPSA) is 52.8 Å². The third kappa shape index (κ3) is 3.55. The van der Waals surface area contributed by atoms with Crippen molar-refractivity contribution in [3.05, 3.63) is 58.6 Å². The largest absolute Gasteiger partial charge is 0.492 e. The molecule has 1 heterocycles. The Hall–Kier alpha value is -2.11. The van der Waals surface area contributed by atoms with E-state index < -0.39 is 0 Å². The van der Waals surface area contributed by atoms with Crippen LogP contribution in [0.3, 0.4) is 0 Å². The molecule has 0 atom stereocenters. The molecule has 0 aliphatic rings. The van der Waals surface area contributed by atoms with Gasteiger partial charge in [0, 0.05) is 10.6 Å². The van der Waals surface area contributed by atoms with Crippen LogP contribution < -0.4 is 4.74 Å². The van der Waals surface area contributed by atoms with E-state index in [0.29, 0.717) is 29.0 Å². The number of hydrogen-bond acceptors (Lipinski definition) is 4. The maximum atomic E-state index is 6.11. The number of tetrazole rings is 1. The van der Waals surface area contributed by atoms with Gasteiger partial charge < -0.3 is 4.74 Å². The van der Waals surface area contributed by atoms with Gasteiger partial charge in [0.2, 0.25) is 5.82 Å². The van der Waals surface area contributed by atoms with Crippen LogP contribution in [0.15, 0.2) is 48.5 Å². The molecule has 3 aromatic rings. The van der Waals surface area contributed by atoms with Gasteiger partial charge in [-0.3, -0.25) is 0 Å². The van der Waals surface area contributed by atoms with Crippen LogP contribution in [0.2, 0.25) is 10.0 Å². The van der Waals surface area contributed by atoms with Crippen molar-refractivity contribution >= 4 is 23.2 Å². The highest BCUT2D eigenvalue weighted by Gasteiger charge is 2.09. The van der Waals surface area contributed by atoms with E-state index in [1.165, 1.54) is 4.80 Å². The molecule has 0 saturated heterocycles. The number of nitrogens with zero attached hydrogens (tertiary/aromatic N) is 4. The minimum Gasteiger partial charge on any atom is -0.492 e. The standard InChI is InChI=1S/C15H12Cl2N4O/c16-11-5-7-12(8-6-11)22-10-9-21-19-15(18-20-21)13-3-1-2-4-14(13)17/h1-8H,9-10H2. The Bertz CT molecular complexity index is 758. The van der Waals surface area contributed by atoms with E-state index in [9.17, 15) is 0 Å². The second kappa shape index (κ2) is 6.77. The zero-order chi connectivity index (χ0) is 15.4. The van der Waals surface area contributed by atoms with Gasteiger partial charge in [-0.2, -0.15) is 4.80 Å². The molecular formula is C15H12Cl2N4O. The van der Waals surface area contributed by atoms with Crippen molar-refractivity contribution in [3.8, 4) is 17.1 Å². The predicted octanol–water partition coefficient (Wildman–Crippen LogP) is 3.73. The lowest BCUT2D eigenvalue weighted by Gasteiger charge is -2.04. The van der Waals surface area contributed by atoms with Crippen molar-refractivity contribution < 1.29 is 4.74 Å². The van der Waals surface area contributed by atoms with Gasteiger partial charge in [-0.25, -0.2) is 0 Å². The summed E-state index contributed by atoms with van der Waals surface area (Å²) in [5, 5.41) is 13.6. The molecule has 0 saturated carbocycles. The van der Waals surface area contributed by atoms with E-state index in [1.54, 1.807) is 18.2 Å². The number of benzene rings is 2. The molecule has 112 valence electrons. The van der Waals surface area contributed by atoms with Gasteiger partial charge in [-0.05, 0) is 41.6 Å². The normalized spacial score (nSPS) is 10.6. The summed E-state index contributed by atoms with van der Waals surface area (Å²) < 4.78 is 5.59. The van der Waals surface area contributed by atoms with Crippen LogP contribution in [-0.2, 0) is 6.54 Å². The molecule has 5 nitrogen and oxygen atoms in total. The minimum absolute atomic E-state index is 0.431. The fourth-order valence-electron chi connectivity index (χ4n) is 1.86. The fourth-order valence-corrected chi connectivity index (χ4v) is 2.21. The lowest BCUT2D eigenvalue weighted by atomic mass is 10.2. The van der Waals surface area contributed by atoms with Crippen molar-refractivity contribution in [1.82, 2.24) is 20.2 Å². The average molecular weight is 335 g/mol. The molecule has 3 rings (SSSR count). The zero-order valence-electron chi connectivity index (χ0n) is 11.5. The van der Waals surface area contributed by atoms with Gasteiger partial charge >= 0.3 is 0 Å².